The summed E-state index contributed by atoms with van der Waals surface area (Å²) in [5.74, 6) is -0.301. The molecule has 16 heavy (non-hydrogen) atoms. The lowest BCUT2D eigenvalue weighted by Gasteiger charge is -2.30. The molecule has 1 fully saturated rings. The Labute approximate surface area is 95.9 Å². The number of allylic oxidation sites excluding steroid dienone is 1. The Hall–Kier alpha value is -1.12. The second kappa shape index (κ2) is 4.04. The molecule has 83 valence electrons. The highest BCUT2D eigenvalue weighted by Crippen LogP contribution is 2.37. The molecule has 1 aromatic carbocycles. The van der Waals surface area contributed by atoms with Gasteiger partial charge in [0.1, 0.15) is 0 Å². The summed E-state index contributed by atoms with van der Waals surface area (Å²) in [4.78, 5) is 0. The van der Waals surface area contributed by atoms with E-state index in [4.69, 9.17) is 9.47 Å². The molecular weight excluding hydrogens is 200 g/mol. The minimum absolute atomic E-state index is 0.301. The fourth-order valence-corrected chi connectivity index (χ4v) is 2.43. The van der Waals surface area contributed by atoms with E-state index in [1.807, 2.05) is 12.1 Å². The SMILES string of the molecule is [c]1ccc(C2=CCC3(CC2)OCCO3)cc1. The van der Waals surface area contributed by atoms with E-state index < -0.39 is 0 Å². The van der Waals surface area contributed by atoms with E-state index in [0.29, 0.717) is 0 Å². The van der Waals surface area contributed by atoms with Crippen molar-refractivity contribution >= 4 is 5.57 Å². The van der Waals surface area contributed by atoms with E-state index in [1.165, 1.54) is 11.1 Å². The summed E-state index contributed by atoms with van der Waals surface area (Å²) in [6.07, 6.45) is 5.13. The zero-order valence-corrected chi connectivity index (χ0v) is 9.24. The van der Waals surface area contributed by atoms with Gasteiger partial charge in [-0.25, -0.2) is 0 Å². The van der Waals surface area contributed by atoms with Gasteiger partial charge >= 0.3 is 0 Å². The van der Waals surface area contributed by atoms with Crippen LogP contribution in [0.25, 0.3) is 5.57 Å². The molecule has 1 aliphatic heterocycles. The first-order valence-electron chi connectivity index (χ1n) is 5.81. The summed E-state index contributed by atoms with van der Waals surface area (Å²) >= 11 is 0. The quantitative estimate of drug-likeness (QED) is 0.717. The maximum absolute atomic E-state index is 5.69. The Balaban J connectivity index is 1.79. The van der Waals surface area contributed by atoms with E-state index in [1.54, 1.807) is 0 Å². The van der Waals surface area contributed by atoms with Crippen molar-refractivity contribution in [3.63, 3.8) is 0 Å². The molecule has 1 aromatic rings. The standard InChI is InChI=1S/C14H15O2/c1-2-4-12(5-3-1)13-6-8-14(9-7-13)15-10-11-16-14/h2-6H,7-11H2. The first kappa shape index (κ1) is 10.1. The molecule has 2 nitrogen and oxygen atoms in total. The molecule has 2 aliphatic rings. The smallest absolute Gasteiger partial charge is 0.172 e. The van der Waals surface area contributed by atoms with Gasteiger partial charge in [-0.2, -0.15) is 0 Å². The van der Waals surface area contributed by atoms with Crippen LogP contribution in [0.15, 0.2) is 30.3 Å². The van der Waals surface area contributed by atoms with Gasteiger partial charge in [0.25, 0.3) is 0 Å². The van der Waals surface area contributed by atoms with Crippen LogP contribution in [0.3, 0.4) is 0 Å². The first-order valence-corrected chi connectivity index (χ1v) is 5.81. The molecular formula is C14H15O2. The fraction of sp³-hybridized carbons (Fsp3) is 0.429. The van der Waals surface area contributed by atoms with Crippen LogP contribution >= 0.6 is 0 Å². The van der Waals surface area contributed by atoms with E-state index in [-0.39, 0.29) is 5.79 Å². The molecule has 0 unspecified atom stereocenters. The average Bonchev–Trinajstić information content (AvgIpc) is 2.80. The van der Waals surface area contributed by atoms with Gasteiger partial charge in [-0.1, -0.05) is 30.3 Å². The van der Waals surface area contributed by atoms with Gasteiger partial charge in [-0.15, -0.1) is 0 Å². The number of hydrogen-bond acceptors (Lipinski definition) is 2. The minimum atomic E-state index is -0.301. The van der Waals surface area contributed by atoms with Crippen LogP contribution in [-0.2, 0) is 9.47 Å². The average molecular weight is 215 g/mol. The van der Waals surface area contributed by atoms with Crippen LogP contribution in [0.4, 0.5) is 0 Å². The lowest BCUT2D eigenvalue weighted by molar-refractivity contribution is -0.159. The number of benzene rings is 1. The van der Waals surface area contributed by atoms with Crippen LogP contribution < -0.4 is 0 Å². The van der Waals surface area contributed by atoms with Crippen LogP contribution in [0.5, 0.6) is 0 Å². The van der Waals surface area contributed by atoms with Crippen LogP contribution in [0.2, 0.25) is 0 Å². The van der Waals surface area contributed by atoms with Crippen molar-refractivity contribution in [2.75, 3.05) is 13.2 Å². The van der Waals surface area contributed by atoms with Gasteiger partial charge in [-0.3, -0.25) is 0 Å². The summed E-state index contributed by atoms with van der Waals surface area (Å²) in [6.45, 7) is 1.48. The lowest BCUT2D eigenvalue weighted by atomic mass is 9.90. The third-order valence-electron chi connectivity index (χ3n) is 3.34. The minimum Gasteiger partial charge on any atom is -0.347 e. The van der Waals surface area contributed by atoms with E-state index in [2.05, 4.69) is 24.3 Å². The van der Waals surface area contributed by atoms with Crippen molar-refractivity contribution in [1.29, 1.82) is 0 Å². The molecule has 1 spiro atoms. The summed E-state index contributed by atoms with van der Waals surface area (Å²) < 4.78 is 11.4. The normalized spacial score (nSPS) is 23.4. The maximum Gasteiger partial charge on any atom is 0.172 e. The van der Waals surface area contributed by atoms with Crippen molar-refractivity contribution in [3.8, 4) is 0 Å². The largest absolute Gasteiger partial charge is 0.347 e. The van der Waals surface area contributed by atoms with Gasteiger partial charge in [0.05, 0.1) is 13.2 Å². The Morgan fingerprint density at radius 1 is 1.12 bits per heavy atom. The third kappa shape index (κ3) is 1.79. The second-order valence-electron chi connectivity index (χ2n) is 4.33. The van der Waals surface area contributed by atoms with Gasteiger partial charge in [0.2, 0.25) is 0 Å². The highest BCUT2D eigenvalue weighted by Gasteiger charge is 2.37. The van der Waals surface area contributed by atoms with E-state index in [0.717, 1.165) is 32.5 Å². The van der Waals surface area contributed by atoms with Crippen molar-refractivity contribution in [2.45, 2.75) is 25.0 Å². The Morgan fingerprint density at radius 3 is 2.50 bits per heavy atom. The molecule has 1 heterocycles. The van der Waals surface area contributed by atoms with Crippen LogP contribution in [-0.4, -0.2) is 19.0 Å². The second-order valence-corrected chi connectivity index (χ2v) is 4.33. The number of ether oxygens (including phenoxy) is 2. The highest BCUT2D eigenvalue weighted by molar-refractivity contribution is 5.66. The summed E-state index contributed by atoms with van der Waals surface area (Å²) in [7, 11) is 0. The molecule has 0 aromatic heterocycles. The van der Waals surface area contributed by atoms with Crippen LogP contribution in [0, 0.1) is 6.07 Å². The molecule has 0 saturated carbocycles. The maximum atomic E-state index is 5.69. The Kier molecular flexibility index (Phi) is 2.54. The summed E-state index contributed by atoms with van der Waals surface area (Å²) in [5.41, 5.74) is 2.70. The van der Waals surface area contributed by atoms with Gasteiger partial charge in [0, 0.05) is 12.8 Å². The molecule has 0 amide bonds. The third-order valence-corrected chi connectivity index (χ3v) is 3.34. The Bertz CT molecular complexity index is 388. The highest BCUT2D eigenvalue weighted by atomic mass is 16.7. The van der Waals surface area contributed by atoms with Crippen molar-refractivity contribution in [2.24, 2.45) is 0 Å². The van der Waals surface area contributed by atoms with Gasteiger partial charge < -0.3 is 9.47 Å². The summed E-state index contributed by atoms with van der Waals surface area (Å²) in [5, 5.41) is 0. The molecule has 0 N–H and O–H groups in total. The predicted molar refractivity (Wildman–Crippen MR) is 61.7 cm³/mol. The lowest BCUT2D eigenvalue weighted by Crippen LogP contribution is -2.31. The fourth-order valence-electron chi connectivity index (χ4n) is 2.43. The van der Waals surface area contributed by atoms with Crippen molar-refractivity contribution in [1.82, 2.24) is 0 Å². The molecule has 1 radical (unpaired) electrons. The zero-order valence-electron chi connectivity index (χ0n) is 9.24. The topological polar surface area (TPSA) is 18.5 Å². The first-order chi connectivity index (χ1) is 7.88. The van der Waals surface area contributed by atoms with E-state index in [9.17, 15) is 0 Å². The molecule has 1 saturated heterocycles. The van der Waals surface area contributed by atoms with Crippen molar-refractivity contribution in [3.05, 3.63) is 42.0 Å². The zero-order chi connectivity index (χ0) is 10.8. The van der Waals surface area contributed by atoms with Crippen LogP contribution in [0.1, 0.15) is 24.8 Å². The molecule has 0 atom stereocenters. The Morgan fingerprint density at radius 2 is 1.88 bits per heavy atom. The number of rotatable bonds is 1. The molecule has 2 heteroatoms. The predicted octanol–water partition coefficient (Wildman–Crippen LogP) is 2.80. The summed E-state index contributed by atoms with van der Waals surface area (Å²) in [6, 6.07) is 11.2. The van der Waals surface area contributed by atoms with Crippen molar-refractivity contribution < 1.29 is 9.47 Å². The van der Waals surface area contributed by atoms with Gasteiger partial charge in [0.15, 0.2) is 5.79 Å². The van der Waals surface area contributed by atoms with Gasteiger partial charge in [-0.05, 0) is 23.6 Å². The van der Waals surface area contributed by atoms with E-state index >= 15 is 0 Å². The molecule has 0 bridgehead atoms. The molecule has 1 aliphatic carbocycles. The number of hydrogen-bond donors (Lipinski definition) is 0. The molecule has 3 rings (SSSR count). The monoisotopic (exact) mass is 215 g/mol.